The number of nitrogens with zero attached hydrogens (tertiary/aromatic N) is 12. The first-order valence-electron chi connectivity index (χ1n) is 8.60. The SMILES string of the molecule is Nc1nc(N)nc(Nc2nc(Nc3nc(N)nc(N)n3)nc(Nc3nc(N)nc(N)n3)n2)n1. The predicted molar refractivity (Wildman–Crippen MR) is 116 cm³/mol. The molecule has 0 aliphatic rings. The Labute approximate surface area is 182 Å². The zero-order valence-electron chi connectivity index (χ0n) is 16.3. The van der Waals surface area contributed by atoms with E-state index in [2.05, 4.69) is 75.8 Å². The summed E-state index contributed by atoms with van der Waals surface area (Å²) in [7, 11) is 0. The molecule has 0 atom stereocenters. The maximum atomic E-state index is 5.58. The molecule has 0 radical (unpaired) electrons. The average molecular weight is 453 g/mol. The normalized spacial score (nSPS) is 10.5. The van der Waals surface area contributed by atoms with Crippen LogP contribution in [0.25, 0.3) is 0 Å². The van der Waals surface area contributed by atoms with Crippen LogP contribution in [0.15, 0.2) is 0 Å². The van der Waals surface area contributed by atoms with Gasteiger partial charge in [0.15, 0.2) is 0 Å². The first-order chi connectivity index (χ1) is 15.7. The molecule has 15 N–H and O–H groups in total. The molecule has 4 rings (SSSR count). The average Bonchev–Trinajstić information content (AvgIpc) is 2.65. The fraction of sp³-hybridized carbons (Fsp3) is 0. The lowest BCUT2D eigenvalue weighted by molar-refractivity contribution is 1.01. The van der Waals surface area contributed by atoms with Crippen molar-refractivity contribution in [1.82, 2.24) is 59.8 Å². The summed E-state index contributed by atoms with van der Waals surface area (Å²) in [5.74, 6) is -1.04. The molecule has 0 saturated heterocycles. The lowest BCUT2D eigenvalue weighted by Crippen LogP contribution is -2.13. The zero-order chi connectivity index (χ0) is 23.5. The number of rotatable bonds is 6. The fourth-order valence-corrected chi connectivity index (χ4v) is 2.24. The van der Waals surface area contributed by atoms with Crippen LogP contribution in [-0.2, 0) is 0 Å². The van der Waals surface area contributed by atoms with Crippen LogP contribution in [0.4, 0.5) is 71.4 Å². The summed E-state index contributed by atoms with van der Waals surface area (Å²) in [6.45, 7) is 0. The van der Waals surface area contributed by atoms with Crippen molar-refractivity contribution in [3.05, 3.63) is 0 Å². The topological polar surface area (TPSA) is 347 Å². The predicted octanol–water partition coefficient (Wildman–Crippen LogP) is -2.85. The minimum Gasteiger partial charge on any atom is -0.368 e. The van der Waals surface area contributed by atoms with Crippen molar-refractivity contribution >= 4 is 71.4 Å². The van der Waals surface area contributed by atoms with Crippen molar-refractivity contribution < 1.29 is 0 Å². The Bertz CT molecular complexity index is 1090. The molecule has 0 amide bonds. The Kier molecular flexibility index (Phi) is 5.08. The summed E-state index contributed by atoms with van der Waals surface area (Å²) in [6.07, 6.45) is 0. The standard InChI is InChI=1S/C12H15N21/c13-1-19-2(14)23-7(22-1)28-10-31-11(29-8-24-3(15)20-4(16)25-8)33-12(32-10)30-9-26-5(17)21-6(18)27-9/h(H15,13,14,15,16,17,18,19,20,21,22,23,24,25,26,27,28,29,30,31,32,33). The zero-order valence-corrected chi connectivity index (χ0v) is 16.3. The lowest BCUT2D eigenvalue weighted by atomic mass is 10.7. The first-order valence-corrected chi connectivity index (χ1v) is 8.60. The number of aromatic nitrogens is 12. The van der Waals surface area contributed by atoms with Crippen LogP contribution in [0.5, 0.6) is 0 Å². The second-order valence-electron chi connectivity index (χ2n) is 5.81. The van der Waals surface area contributed by atoms with E-state index in [0.717, 1.165) is 0 Å². The molecular formula is C12H15N21. The van der Waals surface area contributed by atoms with E-state index in [4.69, 9.17) is 34.4 Å². The smallest absolute Gasteiger partial charge is 0.236 e. The van der Waals surface area contributed by atoms with Gasteiger partial charge in [-0.1, -0.05) is 0 Å². The van der Waals surface area contributed by atoms with Gasteiger partial charge in [-0.2, -0.15) is 59.8 Å². The molecule has 0 saturated carbocycles. The number of anilines is 12. The van der Waals surface area contributed by atoms with Crippen molar-refractivity contribution in [2.24, 2.45) is 0 Å². The number of nitrogens with one attached hydrogen (secondary N) is 3. The number of nitrogen functional groups attached to an aromatic ring is 6. The van der Waals surface area contributed by atoms with E-state index in [-0.39, 0.29) is 71.4 Å². The van der Waals surface area contributed by atoms with Gasteiger partial charge in [0.05, 0.1) is 0 Å². The number of hydrogen-bond donors (Lipinski definition) is 9. The third kappa shape index (κ3) is 5.24. The molecule has 4 aromatic heterocycles. The van der Waals surface area contributed by atoms with Gasteiger partial charge in [-0.3, -0.25) is 16.0 Å². The van der Waals surface area contributed by atoms with Gasteiger partial charge in [0.2, 0.25) is 71.4 Å². The molecule has 0 aromatic carbocycles. The quantitative estimate of drug-likeness (QED) is 0.142. The highest BCUT2D eigenvalue weighted by atomic mass is 15.4. The van der Waals surface area contributed by atoms with Gasteiger partial charge in [0, 0.05) is 0 Å². The largest absolute Gasteiger partial charge is 0.368 e. The Balaban J connectivity index is 1.71. The molecule has 21 nitrogen and oxygen atoms in total. The molecule has 0 aliphatic heterocycles. The third-order valence-electron chi connectivity index (χ3n) is 3.32. The molecule has 4 heterocycles. The van der Waals surface area contributed by atoms with Gasteiger partial charge in [0.25, 0.3) is 0 Å². The molecule has 4 aromatic rings. The minimum absolute atomic E-state index is 0.0367. The summed E-state index contributed by atoms with van der Waals surface area (Å²) in [6, 6.07) is 0. The molecule has 33 heavy (non-hydrogen) atoms. The van der Waals surface area contributed by atoms with Gasteiger partial charge in [0.1, 0.15) is 0 Å². The van der Waals surface area contributed by atoms with Crippen LogP contribution in [0.2, 0.25) is 0 Å². The van der Waals surface area contributed by atoms with Crippen LogP contribution in [0, 0.1) is 0 Å². The second-order valence-corrected chi connectivity index (χ2v) is 5.81. The van der Waals surface area contributed by atoms with Crippen molar-refractivity contribution in [2.75, 3.05) is 50.4 Å². The molecular weight excluding hydrogens is 438 g/mol. The van der Waals surface area contributed by atoms with Crippen LogP contribution < -0.4 is 50.4 Å². The van der Waals surface area contributed by atoms with Crippen LogP contribution >= 0.6 is 0 Å². The van der Waals surface area contributed by atoms with E-state index in [1.165, 1.54) is 0 Å². The second kappa shape index (κ2) is 8.17. The maximum Gasteiger partial charge on any atom is 0.236 e. The first kappa shape index (κ1) is 20.5. The van der Waals surface area contributed by atoms with Gasteiger partial charge in [-0.05, 0) is 0 Å². The molecule has 168 valence electrons. The summed E-state index contributed by atoms with van der Waals surface area (Å²) < 4.78 is 0. The number of nitrogens with two attached hydrogens (primary N) is 6. The lowest BCUT2D eigenvalue weighted by Gasteiger charge is -2.10. The monoisotopic (exact) mass is 453 g/mol. The van der Waals surface area contributed by atoms with Gasteiger partial charge in [-0.25, -0.2) is 0 Å². The van der Waals surface area contributed by atoms with Crippen molar-refractivity contribution in [3.8, 4) is 0 Å². The van der Waals surface area contributed by atoms with E-state index >= 15 is 0 Å². The highest BCUT2D eigenvalue weighted by Crippen LogP contribution is 2.18. The molecule has 0 aliphatic carbocycles. The van der Waals surface area contributed by atoms with Crippen molar-refractivity contribution in [3.63, 3.8) is 0 Å². The van der Waals surface area contributed by atoms with Crippen LogP contribution in [0.1, 0.15) is 0 Å². The van der Waals surface area contributed by atoms with E-state index in [1.807, 2.05) is 0 Å². The van der Waals surface area contributed by atoms with E-state index in [0.29, 0.717) is 0 Å². The maximum absolute atomic E-state index is 5.58. The van der Waals surface area contributed by atoms with E-state index in [9.17, 15) is 0 Å². The Hall–Kier alpha value is -5.76. The molecule has 0 spiro atoms. The Morgan fingerprint density at radius 2 is 0.455 bits per heavy atom. The van der Waals surface area contributed by atoms with Crippen LogP contribution in [-0.4, -0.2) is 59.8 Å². The Morgan fingerprint density at radius 3 is 0.667 bits per heavy atom. The highest BCUT2D eigenvalue weighted by Gasteiger charge is 2.13. The van der Waals surface area contributed by atoms with Crippen molar-refractivity contribution in [1.29, 1.82) is 0 Å². The fourth-order valence-electron chi connectivity index (χ4n) is 2.24. The van der Waals surface area contributed by atoms with Gasteiger partial charge < -0.3 is 34.4 Å². The molecule has 0 unspecified atom stereocenters. The van der Waals surface area contributed by atoms with Gasteiger partial charge in [-0.15, -0.1) is 0 Å². The van der Waals surface area contributed by atoms with Gasteiger partial charge >= 0.3 is 0 Å². The third-order valence-corrected chi connectivity index (χ3v) is 3.32. The highest BCUT2D eigenvalue weighted by molar-refractivity contribution is 5.57. The summed E-state index contributed by atoms with van der Waals surface area (Å²) in [5, 5.41) is 8.14. The molecule has 21 heteroatoms. The minimum atomic E-state index is -0.122. The summed E-state index contributed by atoms with van der Waals surface area (Å²) in [4.78, 5) is 46.9. The van der Waals surface area contributed by atoms with E-state index < -0.39 is 0 Å². The van der Waals surface area contributed by atoms with Crippen molar-refractivity contribution in [2.45, 2.75) is 0 Å². The molecule has 0 bridgehead atoms. The Morgan fingerprint density at radius 1 is 0.273 bits per heavy atom. The van der Waals surface area contributed by atoms with Crippen LogP contribution in [0.3, 0.4) is 0 Å². The summed E-state index contributed by atoms with van der Waals surface area (Å²) in [5.41, 5.74) is 33.5. The van der Waals surface area contributed by atoms with E-state index in [1.54, 1.807) is 0 Å². The molecule has 0 fully saturated rings. The summed E-state index contributed by atoms with van der Waals surface area (Å²) >= 11 is 0. The number of hydrogen-bond acceptors (Lipinski definition) is 21.